The number of nitrogens with one attached hydrogen (secondary N) is 2. The molecular weight excluding hydrogens is 366 g/mol. The number of rotatable bonds is 5. The zero-order valence-electron chi connectivity index (χ0n) is 18.0. The summed E-state index contributed by atoms with van der Waals surface area (Å²) >= 11 is 0. The fraction of sp³-hybridized carbons (Fsp3) is 0.609. The number of hydrogen-bond donors (Lipinski definition) is 2. The number of carbonyl (C=O) groups excluding carboxylic acids is 3. The minimum absolute atomic E-state index is 0.245. The molecule has 0 aromatic heterocycles. The van der Waals surface area contributed by atoms with Crippen molar-refractivity contribution in [1.29, 1.82) is 0 Å². The van der Waals surface area contributed by atoms with Crippen molar-refractivity contribution in [1.82, 2.24) is 10.2 Å². The minimum atomic E-state index is -0.813. The van der Waals surface area contributed by atoms with Gasteiger partial charge in [0.15, 0.2) is 0 Å². The predicted molar refractivity (Wildman–Crippen MR) is 114 cm³/mol. The monoisotopic (exact) mass is 399 g/mol. The number of carbonyl (C=O) groups is 3. The van der Waals surface area contributed by atoms with E-state index in [4.69, 9.17) is 0 Å². The third-order valence-electron chi connectivity index (χ3n) is 6.14. The topological polar surface area (TPSA) is 78.5 Å². The van der Waals surface area contributed by atoms with Crippen LogP contribution in [-0.2, 0) is 9.59 Å². The van der Waals surface area contributed by atoms with Gasteiger partial charge in [0.25, 0.3) is 5.91 Å². The van der Waals surface area contributed by atoms with Crippen molar-refractivity contribution in [2.75, 3.05) is 11.9 Å². The molecular formula is C23H33N3O3. The summed E-state index contributed by atoms with van der Waals surface area (Å²) in [4.78, 5) is 39.5. The van der Waals surface area contributed by atoms with Gasteiger partial charge in [0, 0.05) is 5.69 Å². The second-order valence-electron chi connectivity index (χ2n) is 8.99. The molecule has 0 radical (unpaired) electrons. The number of nitrogens with zero attached hydrogens (tertiary/aromatic N) is 1. The number of hydrogen-bond acceptors (Lipinski definition) is 3. The van der Waals surface area contributed by atoms with Gasteiger partial charge in [-0.15, -0.1) is 0 Å². The highest BCUT2D eigenvalue weighted by molar-refractivity contribution is 6.10. The summed E-state index contributed by atoms with van der Waals surface area (Å²) in [5.41, 5.74) is 2.11. The highest BCUT2D eigenvalue weighted by Crippen LogP contribution is 2.34. The van der Waals surface area contributed by atoms with E-state index in [0.717, 1.165) is 47.4 Å². The molecule has 0 atom stereocenters. The normalized spacial score (nSPS) is 19.0. The Morgan fingerprint density at radius 2 is 1.59 bits per heavy atom. The first-order chi connectivity index (χ1) is 13.7. The largest absolute Gasteiger partial charge is 0.325 e. The lowest BCUT2D eigenvalue weighted by atomic mass is 9.90. The second-order valence-corrected chi connectivity index (χ2v) is 8.99. The van der Waals surface area contributed by atoms with Gasteiger partial charge < -0.3 is 10.6 Å². The number of amides is 4. The molecule has 6 heteroatoms. The summed E-state index contributed by atoms with van der Waals surface area (Å²) in [5, 5.41) is 5.90. The summed E-state index contributed by atoms with van der Waals surface area (Å²) in [6.45, 7) is 8.09. The van der Waals surface area contributed by atoms with Gasteiger partial charge in [0.05, 0.1) is 0 Å². The van der Waals surface area contributed by atoms with Gasteiger partial charge in [-0.3, -0.25) is 14.5 Å². The van der Waals surface area contributed by atoms with E-state index in [1.165, 1.54) is 0 Å². The van der Waals surface area contributed by atoms with Crippen LogP contribution in [0.3, 0.4) is 0 Å². The Hall–Kier alpha value is -2.37. The minimum Gasteiger partial charge on any atom is -0.324 e. The Morgan fingerprint density at radius 1 is 1.03 bits per heavy atom. The highest BCUT2D eigenvalue weighted by Gasteiger charge is 2.51. The summed E-state index contributed by atoms with van der Waals surface area (Å²) in [7, 11) is 0. The fourth-order valence-corrected chi connectivity index (χ4v) is 4.51. The van der Waals surface area contributed by atoms with Crippen LogP contribution in [0.2, 0.25) is 0 Å². The van der Waals surface area contributed by atoms with Gasteiger partial charge in [-0.05, 0) is 35.8 Å². The molecule has 3 rings (SSSR count). The maximum atomic E-state index is 13.0. The molecule has 2 fully saturated rings. The molecule has 4 amide bonds. The molecule has 2 aliphatic rings. The lowest BCUT2D eigenvalue weighted by Gasteiger charge is -2.25. The molecule has 1 saturated carbocycles. The molecule has 1 aromatic carbocycles. The number of urea groups is 1. The standard InChI is InChI=1S/C23H33N3O3/c1-15(2)17-10-9-11-18(16(3)4)20(17)24-19(27)14-26-21(28)23(25-22(26)29)12-7-5-6-8-13-23/h9-11,15-16H,5-8,12-14H2,1-4H3,(H,24,27)(H,25,29). The van der Waals surface area contributed by atoms with E-state index in [1.54, 1.807) is 0 Å². The van der Waals surface area contributed by atoms with Crippen molar-refractivity contribution >= 4 is 23.5 Å². The summed E-state index contributed by atoms with van der Waals surface area (Å²) in [6, 6.07) is 5.59. The van der Waals surface area contributed by atoms with E-state index < -0.39 is 11.6 Å². The first-order valence-electron chi connectivity index (χ1n) is 10.8. The van der Waals surface area contributed by atoms with Crippen LogP contribution in [0.25, 0.3) is 0 Å². The number of anilines is 1. The zero-order chi connectivity index (χ0) is 21.2. The van der Waals surface area contributed by atoms with E-state index in [1.807, 2.05) is 18.2 Å². The van der Waals surface area contributed by atoms with Gasteiger partial charge in [0.1, 0.15) is 12.1 Å². The predicted octanol–water partition coefficient (Wildman–Crippen LogP) is 4.52. The van der Waals surface area contributed by atoms with E-state index in [-0.39, 0.29) is 30.2 Å². The van der Waals surface area contributed by atoms with Gasteiger partial charge in [-0.25, -0.2) is 4.79 Å². The number of imide groups is 1. The second kappa shape index (κ2) is 8.56. The maximum absolute atomic E-state index is 13.0. The molecule has 6 nitrogen and oxygen atoms in total. The van der Waals surface area contributed by atoms with Crippen LogP contribution in [0.1, 0.15) is 89.2 Å². The Labute approximate surface area is 173 Å². The SMILES string of the molecule is CC(C)c1cccc(C(C)C)c1NC(=O)CN1C(=O)NC2(CCCCCC2)C1=O. The molecule has 1 aliphatic heterocycles. The smallest absolute Gasteiger partial charge is 0.324 e. The molecule has 1 aromatic rings. The van der Waals surface area contributed by atoms with Crippen LogP contribution in [0.4, 0.5) is 10.5 Å². The average Bonchev–Trinajstić information content (AvgIpc) is 2.83. The van der Waals surface area contributed by atoms with E-state index in [2.05, 4.69) is 38.3 Å². The first kappa shape index (κ1) is 21.3. The fourth-order valence-electron chi connectivity index (χ4n) is 4.51. The summed E-state index contributed by atoms with van der Waals surface area (Å²) in [6.07, 6.45) is 5.31. The highest BCUT2D eigenvalue weighted by atomic mass is 16.2. The molecule has 0 unspecified atom stereocenters. The van der Waals surface area contributed by atoms with Crippen LogP contribution < -0.4 is 10.6 Å². The maximum Gasteiger partial charge on any atom is 0.325 e. The molecule has 1 aliphatic carbocycles. The van der Waals surface area contributed by atoms with Crippen molar-refractivity contribution in [2.24, 2.45) is 0 Å². The molecule has 29 heavy (non-hydrogen) atoms. The van der Waals surface area contributed by atoms with Crippen molar-refractivity contribution in [3.8, 4) is 0 Å². The molecule has 158 valence electrons. The van der Waals surface area contributed by atoms with Crippen LogP contribution in [-0.4, -0.2) is 34.8 Å². The quantitative estimate of drug-likeness (QED) is 0.715. The third-order valence-corrected chi connectivity index (χ3v) is 6.14. The lowest BCUT2D eigenvalue weighted by Crippen LogP contribution is -2.47. The van der Waals surface area contributed by atoms with E-state index in [9.17, 15) is 14.4 Å². The van der Waals surface area contributed by atoms with Gasteiger partial charge in [-0.2, -0.15) is 0 Å². The summed E-state index contributed by atoms with van der Waals surface area (Å²) in [5.74, 6) is -0.0973. The molecule has 1 spiro atoms. The van der Waals surface area contributed by atoms with Crippen molar-refractivity contribution in [3.05, 3.63) is 29.3 Å². The lowest BCUT2D eigenvalue weighted by molar-refractivity contribution is -0.134. The Morgan fingerprint density at radius 3 is 2.10 bits per heavy atom. The van der Waals surface area contributed by atoms with Crippen LogP contribution in [0.5, 0.6) is 0 Å². The van der Waals surface area contributed by atoms with Gasteiger partial charge in [-0.1, -0.05) is 71.6 Å². The zero-order valence-corrected chi connectivity index (χ0v) is 18.0. The molecule has 2 N–H and O–H groups in total. The molecule has 1 saturated heterocycles. The van der Waals surface area contributed by atoms with Gasteiger partial charge >= 0.3 is 6.03 Å². The molecule has 0 bridgehead atoms. The summed E-state index contributed by atoms with van der Waals surface area (Å²) < 4.78 is 0. The Kier molecular flexibility index (Phi) is 6.30. The van der Waals surface area contributed by atoms with Crippen molar-refractivity contribution < 1.29 is 14.4 Å². The van der Waals surface area contributed by atoms with E-state index >= 15 is 0 Å². The number of para-hydroxylation sites is 1. The van der Waals surface area contributed by atoms with Crippen LogP contribution in [0, 0.1) is 0 Å². The Balaban J connectivity index is 1.78. The molecule has 1 heterocycles. The number of benzene rings is 1. The average molecular weight is 400 g/mol. The van der Waals surface area contributed by atoms with Crippen molar-refractivity contribution in [3.63, 3.8) is 0 Å². The first-order valence-corrected chi connectivity index (χ1v) is 10.8. The van der Waals surface area contributed by atoms with Crippen LogP contribution in [0.15, 0.2) is 18.2 Å². The van der Waals surface area contributed by atoms with E-state index in [0.29, 0.717) is 12.8 Å². The van der Waals surface area contributed by atoms with Crippen molar-refractivity contribution in [2.45, 2.75) is 83.6 Å². The van der Waals surface area contributed by atoms with Gasteiger partial charge in [0.2, 0.25) is 5.91 Å². The third kappa shape index (κ3) is 4.31. The van der Waals surface area contributed by atoms with Crippen LogP contribution >= 0.6 is 0 Å². The Bertz CT molecular complexity index is 766.